The van der Waals surface area contributed by atoms with Gasteiger partial charge >= 0.3 is 0 Å². The average molecular weight is 316 g/mol. The van der Waals surface area contributed by atoms with Crippen LogP contribution in [0.2, 0.25) is 0 Å². The summed E-state index contributed by atoms with van der Waals surface area (Å²) in [5.41, 5.74) is 0.693. The molecule has 0 saturated carbocycles. The van der Waals surface area contributed by atoms with Crippen LogP contribution >= 0.6 is 0 Å². The van der Waals surface area contributed by atoms with Crippen molar-refractivity contribution in [1.82, 2.24) is 19.8 Å². The topological polar surface area (TPSA) is 87.3 Å². The normalized spacial score (nSPS) is 20.2. The molecule has 0 aliphatic carbocycles. The fraction of sp³-hybridized carbons (Fsp3) is 0.769. The molecule has 1 atom stereocenters. The first-order valence-electron chi connectivity index (χ1n) is 7.31. The van der Waals surface area contributed by atoms with Gasteiger partial charge in [0.1, 0.15) is 0 Å². The van der Waals surface area contributed by atoms with Crippen LogP contribution in [0.25, 0.3) is 0 Å². The molecule has 1 aliphatic heterocycles. The van der Waals surface area contributed by atoms with E-state index in [-0.39, 0.29) is 10.9 Å². The number of aromatic nitrogens is 2. The number of ether oxygens (including phenoxy) is 1. The lowest BCUT2D eigenvalue weighted by Crippen LogP contribution is -2.31. The van der Waals surface area contributed by atoms with Crippen LogP contribution in [-0.4, -0.2) is 56.3 Å². The molecule has 2 heterocycles. The molecule has 1 aliphatic rings. The van der Waals surface area contributed by atoms with E-state index in [4.69, 9.17) is 4.74 Å². The summed E-state index contributed by atoms with van der Waals surface area (Å²) in [6, 6.07) is 0. The maximum Gasteiger partial charge on any atom is 0.260 e. The number of nitrogens with zero attached hydrogens (tertiary/aromatic N) is 2. The Kier molecular flexibility index (Phi) is 5.74. The highest BCUT2D eigenvalue weighted by Crippen LogP contribution is 2.25. The Balaban J connectivity index is 2.08. The van der Waals surface area contributed by atoms with Gasteiger partial charge in [0.25, 0.3) is 10.0 Å². The van der Waals surface area contributed by atoms with Gasteiger partial charge in [-0.3, -0.25) is 5.10 Å². The van der Waals surface area contributed by atoms with Gasteiger partial charge in [-0.2, -0.15) is 9.40 Å². The highest BCUT2D eigenvalue weighted by Gasteiger charge is 2.34. The Morgan fingerprint density at radius 1 is 1.57 bits per heavy atom. The van der Waals surface area contributed by atoms with Gasteiger partial charge in [0, 0.05) is 32.3 Å². The third kappa shape index (κ3) is 3.82. The zero-order valence-corrected chi connectivity index (χ0v) is 13.4. The zero-order valence-electron chi connectivity index (χ0n) is 12.6. The molecule has 8 heteroatoms. The van der Waals surface area contributed by atoms with Crippen LogP contribution in [0, 0.1) is 5.92 Å². The molecule has 0 spiro atoms. The standard InChI is InChI=1S/C13H24N4O3S/c1-3-5-14-7-12-8-15-16-13(12)21(18,19)17-6-4-11(9-17)10-20-2/h8,11,14H,3-7,9-10H2,1-2H3,(H,15,16). The van der Waals surface area contributed by atoms with Crippen molar-refractivity contribution >= 4 is 10.0 Å². The minimum atomic E-state index is -3.49. The predicted molar refractivity (Wildman–Crippen MR) is 79.3 cm³/mol. The molecule has 1 fully saturated rings. The molecule has 1 saturated heterocycles. The van der Waals surface area contributed by atoms with Crippen molar-refractivity contribution in [1.29, 1.82) is 0 Å². The number of hydrogen-bond donors (Lipinski definition) is 2. The first-order chi connectivity index (χ1) is 10.1. The minimum Gasteiger partial charge on any atom is -0.384 e. The molecule has 7 nitrogen and oxygen atoms in total. The number of nitrogens with one attached hydrogen (secondary N) is 2. The Labute approximate surface area is 126 Å². The largest absolute Gasteiger partial charge is 0.384 e. The van der Waals surface area contributed by atoms with E-state index in [2.05, 4.69) is 22.4 Å². The Bertz CT molecular complexity index is 543. The van der Waals surface area contributed by atoms with Crippen molar-refractivity contribution in [3.63, 3.8) is 0 Å². The van der Waals surface area contributed by atoms with Gasteiger partial charge in [0.05, 0.1) is 12.8 Å². The second-order valence-electron chi connectivity index (χ2n) is 5.37. The number of sulfonamides is 1. The maximum absolute atomic E-state index is 12.7. The van der Waals surface area contributed by atoms with Crippen molar-refractivity contribution in [2.75, 3.05) is 33.4 Å². The van der Waals surface area contributed by atoms with E-state index < -0.39 is 10.0 Å². The van der Waals surface area contributed by atoms with Crippen molar-refractivity contribution in [3.8, 4) is 0 Å². The van der Waals surface area contributed by atoms with E-state index in [1.165, 1.54) is 4.31 Å². The number of hydrogen-bond acceptors (Lipinski definition) is 5. The second-order valence-corrected chi connectivity index (χ2v) is 7.25. The molecule has 2 rings (SSSR count). The van der Waals surface area contributed by atoms with E-state index in [1.807, 2.05) is 0 Å². The molecule has 1 unspecified atom stereocenters. The third-order valence-corrected chi connectivity index (χ3v) is 5.55. The SMILES string of the molecule is CCCNCc1cn[nH]c1S(=O)(=O)N1CCC(COC)C1. The molecule has 0 radical (unpaired) electrons. The fourth-order valence-electron chi connectivity index (χ4n) is 2.56. The lowest BCUT2D eigenvalue weighted by molar-refractivity contribution is 0.157. The van der Waals surface area contributed by atoms with Crippen LogP contribution in [-0.2, 0) is 21.3 Å². The molecule has 1 aromatic heterocycles. The van der Waals surface area contributed by atoms with Crippen molar-refractivity contribution in [2.45, 2.75) is 31.3 Å². The molecule has 0 bridgehead atoms. The molecule has 2 N–H and O–H groups in total. The van der Waals surface area contributed by atoms with E-state index in [0.29, 0.717) is 31.8 Å². The van der Waals surface area contributed by atoms with Gasteiger partial charge in [0.15, 0.2) is 5.03 Å². The zero-order chi connectivity index (χ0) is 15.3. The highest BCUT2D eigenvalue weighted by atomic mass is 32.2. The number of aromatic amines is 1. The van der Waals surface area contributed by atoms with Crippen LogP contribution in [0.3, 0.4) is 0 Å². The summed E-state index contributed by atoms with van der Waals surface area (Å²) in [5.74, 6) is 0.273. The smallest absolute Gasteiger partial charge is 0.260 e. The molecule has 0 aromatic carbocycles. The van der Waals surface area contributed by atoms with Crippen molar-refractivity contribution in [3.05, 3.63) is 11.8 Å². The highest BCUT2D eigenvalue weighted by molar-refractivity contribution is 7.89. The van der Waals surface area contributed by atoms with Gasteiger partial charge in [-0.1, -0.05) is 6.92 Å². The number of rotatable bonds is 8. The van der Waals surface area contributed by atoms with E-state index in [1.54, 1.807) is 13.3 Å². The van der Waals surface area contributed by atoms with Gasteiger partial charge in [-0.15, -0.1) is 0 Å². The number of H-pyrrole nitrogens is 1. The Morgan fingerprint density at radius 2 is 2.38 bits per heavy atom. The second kappa shape index (κ2) is 7.35. The monoisotopic (exact) mass is 316 g/mol. The fourth-order valence-corrected chi connectivity index (χ4v) is 4.20. The minimum absolute atomic E-state index is 0.212. The van der Waals surface area contributed by atoms with E-state index >= 15 is 0 Å². The van der Waals surface area contributed by atoms with Gasteiger partial charge in [-0.05, 0) is 25.3 Å². The predicted octanol–water partition coefficient (Wildman–Crippen LogP) is 0.566. The molecule has 120 valence electrons. The van der Waals surface area contributed by atoms with E-state index in [0.717, 1.165) is 19.4 Å². The first kappa shape index (κ1) is 16.4. The quantitative estimate of drug-likeness (QED) is 0.685. The van der Waals surface area contributed by atoms with Gasteiger partial charge in [0.2, 0.25) is 0 Å². The lowest BCUT2D eigenvalue weighted by Gasteiger charge is -2.16. The summed E-state index contributed by atoms with van der Waals surface area (Å²) in [7, 11) is -1.85. The van der Waals surface area contributed by atoms with Crippen LogP contribution < -0.4 is 5.32 Å². The van der Waals surface area contributed by atoms with Crippen LogP contribution in [0.15, 0.2) is 11.2 Å². The summed E-state index contributed by atoms with van der Waals surface area (Å²) in [4.78, 5) is 0. The number of methoxy groups -OCH3 is 1. The van der Waals surface area contributed by atoms with Crippen molar-refractivity contribution in [2.24, 2.45) is 5.92 Å². The third-order valence-electron chi connectivity index (χ3n) is 3.67. The van der Waals surface area contributed by atoms with Gasteiger partial charge < -0.3 is 10.1 Å². The molecule has 21 heavy (non-hydrogen) atoms. The van der Waals surface area contributed by atoms with E-state index in [9.17, 15) is 8.42 Å². The summed E-state index contributed by atoms with van der Waals surface area (Å²) in [6.45, 7) is 5.08. The summed E-state index contributed by atoms with van der Waals surface area (Å²) in [5, 5.41) is 9.96. The summed E-state index contributed by atoms with van der Waals surface area (Å²) < 4.78 is 32.0. The lowest BCUT2D eigenvalue weighted by atomic mass is 10.1. The molecular weight excluding hydrogens is 292 g/mol. The Morgan fingerprint density at radius 3 is 3.10 bits per heavy atom. The van der Waals surface area contributed by atoms with Crippen molar-refractivity contribution < 1.29 is 13.2 Å². The van der Waals surface area contributed by atoms with Crippen LogP contribution in [0.5, 0.6) is 0 Å². The average Bonchev–Trinajstić information content (AvgIpc) is 3.09. The maximum atomic E-state index is 12.7. The van der Waals surface area contributed by atoms with Crippen LogP contribution in [0.4, 0.5) is 0 Å². The summed E-state index contributed by atoms with van der Waals surface area (Å²) >= 11 is 0. The molecule has 0 amide bonds. The molecular formula is C13H24N4O3S. The molecule has 1 aromatic rings. The Hall–Kier alpha value is -0.960. The van der Waals surface area contributed by atoms with Crippen LogP contribution in [0.1, 0.15) is 25.3 Å². The first-order valence-corrected chi connectivity index (χ1v) is 8.75. The summed E-state index contributed by atoms with van der Waals surface area (Å²) in [6.07, 6.45) is 3.42. The van der Waals surface area contributed by atoms with Gasteiger partial charge in [-0.25, -0.2) is 8.42 Å².